The predicted octanol–water partition coefficient (Wildman–Crippen LogP) is 4.37. The first kappa shape index (κ1) is 17.7. The monoisotopic (exact) mass is 400 g/mol. The van der Waals surface area contributed by atoms with E-state index in [-0.39, 0.29) is 24.2 Å². The molecule has 2 aromatic rings. The van der Waals surface area contributed by atoms with Crippen LogP contribution >= 0.6 is 15.9 Å². The van der Waals surface area contributed by atoms with Gasteiger partial charge in [-0.25, -0.2) is 0 Å². The van der Waals surface area contributed by atoms with Crippen molar-refractivity contribution in [1.29, 1.82) is 0 Å². The van der Waals surface area contributed by atoms with Gasteiger partial charge in [-0.2, -0.15) is 0 Å². The van der Waals surface area contributed by atoms with E-state index in [1.54, 1.807) is 4.90 Å². The lowest BCUT2D eigenvalue weighted by Gasteiger charge is -2.17. The first-order valence-electron chi connectivity index (χ1n) is 8.30. The molecule has 1 fully saturated rings. The molecule has 5 heteroatoms. The molecule has 0 radical (unpaired) electrons. The number of anilines is 2. The van der Waals surface area contributed by atoms with Crippen LogP contribution in [0.25, 0.3) is 0 Å². The van der Waals surface area contributed by atoms with Crippen molar-refractivity contribution in [1.82, 2.24) is 0 Å². The number of halogens is 1. The Bertz CT molecular complexity index is 830. The smallest absolute Gasteiger partial charge is 0.229 e. The standard InChI is InChI=1S/C20H21BrN2O2/c1-12-4-6-16(7-5-12)23-11-15(10-19(23)24)20(25)22-18-9-13(2)17(21)8-14(18)3/h4-9,15H,10-11H2,1-3H3,(H,22,25)/t15-/m0/s1. The fraction of sp³-hybridized carbons (Fsp3) is 0.300. The van der Waals surface area contributed by atoms with Crippen LogP contribution in [0.1, 0.15) is 23.1 Å². The lowest BCUT2D eigenvalue weighted by molar-refractivity contribution is -0.122. The third-order valence-electron chi connectivity index (χ3n) is 4.60. The van der Waals surface area contributed by atoms with Crippen LogP contribution in [0.2, 0.25) is 0 Å². The number of nitrogens with one attached hydrogen (secondary N) is 1. The average molecular weight is 401 g/mol. The van der Waals surface area contributed by atoms with Gasteiger partial charge >= 0.3 is 0 Å². The van der Waals surface area contributed by atoms with Gasteiger partial charge in [0.25, 0.3) is 0 Å². The number of amides is 2. The van der Waals surface area contributed by atoms with Crippen molar-refractivity contribution >= 4 is 39.1 Å². The molecule has 1 atom stereocenters. The SMILES string of the molecule is Cc1ccc(N2C[C@@H](C(=O)Nc3cc(C)c(Br)cc3C)CC2=O)cc1. The first-order chi connectivity index (χ1) is 11.8. The summed E-state index contributed by atoms with van der Waals surface area (Å²) < 4.78 is 1.02. The predicted molar refractivity (Wildman–Crippen MR) is 104 cm³/mol. The molecule has 0 aromatic heterocycles. The minimum absolute atomic E-state index is 0.00675. The van der Waals surface area contributed by atoms with E-state index in [9.17, 15) is 9.59 Å². The van der Waals surface area contributed by atoms with Crippen LogP contribution in [-0.2, 0) is 9.59 Å². The molecule has 0 bridgehead atoms. The molecule has 4 nitrogen and oxygen atoms in total. The second-order valence-corrected chi connectivity index (χ2v) is 7.50. The maximum Gasteiger partial charge on any atom is 0.229 e. The van der Waals surface area contributed by atoms with Crippen molar-refractivity contribution in [3.8, 4) is 0 Å². The summed E-state index contributed by atoms with van der Waals surface area (Å²) in [7, 11) is 0. The first-order valence-corrected chi connectivity index (χ1v) is 9.09. The van der Waals surface area contributed by atoms with E-state index >= 15 is 0 Å². The van der Waals surface area contributed by atoms with Gasteiger partial charge in [0.05, 0.1) is 5.92 Å². The second kappa shape index (κ2) is 7.00. The summed E-state index contributed by atoms with van der Waals surface area (Å²) in [5.41, 5.74) is 4.84. The normalized spacial score (nSPS) is 17.0. The van der Waals surface area contributed by atoms with Crippen LogP contribution in [0.3, 0.4) is 0 Å². The molecule has 1 aliphatic heterocycles. The number of nitrogens with zero attached hydrogens (tertiary/aromatic N) is 1. The topological polar surface area (TPSA) is 49.4 Å². The summed E-state index contributed by atoms with van der Waals surface area (Å²) in [6.45, 7) is 6.37. The van der Waals surface area contributed by atoms with E-state index in [4.69, 9.17) is 0 Å². The van der Waals surface area contributed by atoms with E-state index in [2.05, 4.69) is 21.2 Å². The van der Waals surface area contributed by atoms with Gasteiger partial charge in [0.1, 0.15) is 0 Å². The van der Waals surface area contributed by atoms with Gasteiger partial charge in [-0.05, 0) is 56.2 Å². The van der Waals surface area contributed by atoms with Crippen molar-refractivity contribution in [3.05, 3.63) is 57.6 Å². The van der Waals surface area contributed by atoms with Gasteiger partial charge in [-0.1, -0.05) is 33.6 Å². The lowest BCUT2D eigenvalue weighted by Crippen LogP contribution is -2.28. The molecule has 2 amide bonds. The molecule has 25 heavy (non-hydrogen) atoms. The van der Waals surface area contributed by atoms with Gasteiger partial charge < -0.3 is 10.2 Å². The van der Waals surface area contributed by atoms with Crippen LogP contribution in [0, 0.1) is 26.7 Å². The zero-order chi connectivity index (χ0) is 18.1. The molecule has 1 aliphatic rings. The summed E-state index contributed by atoms with van der Waals surface area (Å²) in [5, 5.41) is 2.98. The fourth-order valence-corrected chi connectivity index (χ4v) is 3.47. The van der Waals surface area contributed by atoms with Gasteiger partial charge in [0, 0.05) is 28.8 Å². The Kier molecular flexibility index (Phi) is 4.95. The highest BCUT2D eigenvalue weighted by molar-refractivity contribution is 9.10. The summed E-state index contributed by atoms with van der Waals surface area (Å²) in [6, 6.07) is 11.7. The minimum atomic E-state index is -0.336. The van der Waals surface area contributed by atoms with Crippen molar-refractivity contribution < 1.29 is 9.59 Å². The number of aryl methyl sites for hydroxylation is 3. The molecular weight excluding hydrogens is 380 g/mol. The molecule has 1 saturated heterocycles. The van der Waals surface area contributed by atoms with Crippen LogP contribution in [-0.4, -0.2) is 18.4 Å². The number of benzene rings is 2. The lowest BCUT2D eigenvalue weighted by atomic mass is 10.1. The minimum Gasteiger partial charge on any atom is -0.326 e. The highest BCUT2D eigenvalue weighted by Crippen LogP contribution is 2.28. The number of carbonyl (C=O) groups is 2. The summed E-state index contributed by atoms with van der Waals surface area (Å²) in [5.74, 6) is -0.447. The molecule has 0 aliphatic carbocycles. The van der Waals surface area contributed by atoms with E-state index in [0.717, 1.165) is 32.5 Å². The van der Waals surface area contributed by atoms with E-state index < -0.39 is 0 Å². The van der Waals surface area contributed by atoms with E-state index in [1.165, 1.54) is 0 Å². The largest absolute Gasteiger partial charge is 0.326 e. The van der Waals surface area contributed by atoms with E-state index in [0.29, 0.717) is 6.54 Å². The number of rotatable bonds is 3. The summed E-state index contributed by atoms with van der Waals surface area (Å²) >= 11 is 3.50. The Morgan fingerprint density at radius 1 is 1.12 bits per heavy atom. The van der Waals surface area contributed by atoms with E-state index in [1.807, 2.05) is 57.2 Å². The summed E-state index contributed by atoms with van der Waals surface area (Å²) in [6.07, 6.45) is 0.244. The molecule has 0 spiro atoms. The molecular formula is C20H21BrN2O2. The number of carbonyl (C=O) groups excluding carboxylic acids is 2. The third kappa shape index (κ3) is 3.76. The van der Waals surface area contributed by atoms with Crippen LogP contribution in [0.5, 0.6) is 0 Å². The van der Waals surface area contributed by atoms with Crippen LogP contribution in [0.15, 0.2) is 40.9 Å². The number of hydrogen-bond acceptors (Lipinski definition) is 2. The second-order valence-electron chi connectivity index (χ2n) is 6.65. The van der Waals surface area contributed by atoms with Crippen molar-refractivity contribution in [2.24, 2.45) is 5.92 Å². The Labute approximate surface area is 156 Å². The maximum atomic E-state index is 12.6. The molecule has 0 unspecified atom stereocenters. The molecule has 2 aromatic carbocycles. The zero-order valence-corrected chi connectivity index (χ0v) is 16.2. The Hall–Kier alpha value is -2.14. The van der Waals surface area contributed by atoms with Gasteiger partial charge in [0.2, 0.25) is 11.8 Å². The van der Waals surface area contributed by atoms with Gasteiger partial charge in [0.15, 0.2) is 0 Å². The fourth-order valence-electron chi connectivity index (χ4n) is 3.01. The van der Waals surface area contributed by atoms with Crippen molar-refractivity contribution in [3.63, 3.8) is 0 Å². The molecule has 3 rings (SSSR count). The maximum absolute atomic E-state index is 12.6. The molecule has 1 N–H and O–H groups in total. The quantitative estimate of drug-likeness (QED) is 0.831. The van der Waals surface area contributed by atoms with Crippen LogP contribution < -0.4 is 10.2 Å². The Morgan fingerprint density at radius 2 is 1.80 bits per heavy atom. The van der Waals surface area contributed by atoms with Crippen molar-refractivity contribution in [2.75, 3.05) is 16.8 Å². The van der Waals surface area contributed by atoms with Gasteiger partial charge in [-0.15, -0.1) is 0 Å². The van der Waals surface area contributed by atoms with Gasteiger partial charge in [-0.3, -0.25) is 9.59 Å². The zero-order valence-electron chi connectivity index (χ0n) is 14.6. The van der Waals surface area contributed by atoms with Crippen molar-refractivity contribution in [2.45, 2.75) is 27.2 Å². The molecule has 1 heterocycles. The number of hydrogen-bond donors (Lipinski definition) is 1. The third-order valence-corrected chi connectivity index (χ3v) is 5.46. The molecule has 130 valence electrons. The Morgan fingerprint density at radius 3 is 2.48 bits per heavy atom. The highest BCUT2D eigenvalue weighted by Gasteiger charge is 2.35. The summed E-state index contributed by atoms with van der Waals surface area (Å²) in [4.78, 5) is 26.7. The average Bonchev–Trinajstić information content (AvgIpc) is 2.95. The Balaban J connectivity index is 1.73. The molecule has 0 saturated carbocycles. The van der Waals surface area contributed by atoms with Crippen LogP contribution in [0.4, 0.5) is 11.4 Å². The highest BCUT2D eigenvalue weighted by atomic mass is 79.9.